The lowest BCUT2D eigenvalue weighted by Gasteiger charge is -2.34. The predicted octanol–water partition coefficient (Wildman–Crippen LogP) is 2.55. The van der Waals surface area contributed by atoms with Crippen LogP contribution in [0.25, 0.3) is 0 Å². The molecular weight excluding hydrogens is 370 g/mol. The zero-order chi connectivity index (χ0) is 20.5. The van der Waals surface area contributed by atoms with Crippen LogP contribution >= 0.6 is 0 Å². The fraction of sp³-hybridized carbons (Fsp3) is 0.545. The first-order valence-corrected chi connectivity index (χ1v) is 10.5. The molecule has 0 aromatic heterocycles. The smallest absolute Gasteiger partial charge is 0.334 e. The Morgan fingerprint density at radius 1 is 1.03 bits per heavy atom. The van der Waals surface area contributed by atoms with Crippen molar-refractivity contribution in [3.8, 4) is 0 Å². The van der Waals surface area contributed by atoms with E-state index in [1.165, 1.54) is 5.56 Å². The highest BCUT2D eigenvalue weighted by Gasteiger charge is 2.49. The molecule has 5 amide bonds. The number of rotatable bonds is 4. The van der Waals surface area contributed by atoms with Crippen LogP contribution in [0.5, 0.6) is 0 Å². The zero-order valence-electron chi connectivity index (χ0n) is 16.7. The van der Waals surface area contributed by atoms with Gasteiger partial charge in [0.15, 0.2) is 0 Å². The monoisotopic (exact) mass is 397 g/mol. The summed E-state index contributed by atoms with van der Waals surface area (Å²) in [5, 5.41) is 2.95. The van der Waals surface area contributed by atoms with Crippen molar-refractivity contribution in [2.24, 2.45) is 5.92 Å². The van der Waals surface area contributed by atoms with Gasteiger partial charge < -0.3 is 5.32 Å². The molecule has 0 unspecified atom stereocenters. The number of hydrogen-bond acceptors (Lipinski definition) is 4. The van der Waals surface area contributed by atoms with E-state index in [-0.39, 0.29) is 18.0 Å². The van der Waals surface area contributed by atoms with Gasteiger partial charge in [0, 0.05) is 6.04 Å². The van der Waals surface area contributed by atoms with Crippen LogP contribution in [-0.4, -0.2) is 46.1 Å². The van der Waals surface area contributed by atoms with Crippen LogP contribution in [0, 0.1) is 5.92 Å². The molecule has 4 rings (SSSR count). The third-order valence-corrected chi connectivity index (χ3v) is 6.49. The summed E-state index contributed by atoms with van der Waals surface area (Å²) in [5.74, 6) is -1.95. The molecule has 2 aliphatic carbocycles. The second-order valence-electron chi connectivity index (χ2n) is 8.39. The number of hydrogen-bond donors (Lipinski definition) is 1. The molecule has 0 spiro atoms. The SMILES string of the molecule is C[C@@H]1CCCC[C@@H]1N1C(=O)C(=O)N(CC(=O)N[C@@H]2CCCc3ccccc32)C1=O. The Balaban J connectivity index is 1.44. The minimum atomic E-state index is -0.896. The van der Waals surface area contributed by atoms with E-state index < -0.39 is 30.3 Å². The van der Waals surface area contributed by atoms with Crippen molar-refractivity contribution in [2.45, 2.75) is 64.0 Å². The van der Waals surface area contributed by atoms with Gasteiger partial charge in [-0.2, -0.15) is 0 Å². The Hall–Kier alpha value is -2.70. The largest absolute Gasteiger partial charge is 0.348 e. The Morgan fingerprint density at radius 2 is 1.79 bits per heavy atom. The molecule has 29 heavy (non-hydrogen) atoms. The summed E-state index contributed by atoms with van der Waals surface area (Å²) >= 11 is 0. The average molecular weight is 397 g/mol. The maximum absolute atomic E-state index is 12.8. The van der Waals surface area contributed by atoms with Gasteiger partial charge >= 0.3 is 17.8 Å². The Morgan fingerprint density at radius 3 is 2.59 bits per heavy atom. The molecule has 1 saturated carbocycles. The molecule has 7 heteroatoms. The molecule has 0 bridgehead atoms. The Labute approximate surface area is 170 Å². The lowest BCUT2D eigenvalue weighted by Crippen LogP contribution is -2.47. The summed E-state index contributed by atoms with van der Waals surface area (Å²) in [6.07, 6.45) is 6.40. The van der Waals surface area contributed by atoms with E-state index in [2.05, 4.69) is 11.4 Å². The van der Waals surface area contributed by atoms with Crippen molar-refractivity contribution < 1.29 is 19.2 Å². The minimum absolute atomic E-state index is 0.134. The summed E-state index contributed by atoms with van der Waals surface area (Å²) < 4.78 is 0. The van der Waals surface area contributed by atoms with Crippen molar-refractivity contribution in [3.63, 3.8) is 0 Å². The van der Waals surface area contributed by atoms with E-state index in [0.717, 1.165) is 53.9 Å². The van der Waals surface area contributed by atoms with Gasteiger partial charge in [-0.25, -0.2) is 9.69 Å². The Kier molecular flexibility index (Phi) is 5.39. The third kappa shape index (κ3) is 3.66. The van der Waals surface area contributed by atoms with E-state index in [0.29, 0.717) is 6.42 Å². The number of urea groups is 1. The first kappa shape index (κ1) is 19.6. The van der Waals surface area contributed by atoms with Crippen LogP contribution in [-0.2, 0) is 20.8 Å². The average Bonchev–Trinajstić information content (AvgIpc) is 2.92. The molecule has 1 aromatic carbocycles. The molecule has 1 N–H and O–H groups in total. The summed E-state index contributed by atoms with van der Waals surface area (Å²) in [5.41, 5.74) is 2.30. The lowest BCUT2D eigenvalue weighted by atomic mass is 9.85. The minimum Gasteiger partial charge on any atom is -0.348 e. The maximum Gasteiger partial charge on any atom is 0.334 e. The molecule has 7 nitrogen and oxygen atoms in total. The molecule has 3 atom stereocenters. The summed E-state index contributed by atoms with van der Waals surface area (Å²) in [6.45, 7) is 1.59. The van der Waals surface area contributed by atoms with Crippen molar-refractivity contribution in [2.75, 3.05) is 6.54 Å². The van der Waals surface area contributed by atoms with Gasteiger partial charge in [0.25, 0.3) is 0 Å². The highest BCUT2D eigenvalue weighted by Crippen LogP contribution is 2.32. The van der Waals surface area contributed by atoms with Crippen molar-refractivity contribution in [3.05, 3.63) is 35.4 Å². The quantitative estimate of drug-likeness (QED) is 0.625. The normalized spacial score (nSPS) is 27.2. The number of amides is 5. The van der Waals surface area contributed by atoms with Crippen LogP contribution in [0.2, 0.25) is 0 Å². The predicted molar refractivity (Wildman–Crippen MR) is 106 cm³/mol. The first-order chi connectivity index (χ1) is 14.0. The zero-order valence-corrected chi connectivity index (χ0v) is 16.7. The number of carbonyl (C=O) groups is 4. The highest BCUT2D eigenvalue weighted by atomic mass is 16.2. The number of carbonyl (C=O) groups excluding carboxylic acids is 4. The fourth-order valence-corrected chi connectivity index (χ4v) is 4.92. The van der Waals surface area contributed by atoms with E-state index in [9.17, 15) is 19.2 Å². The third-order valence-electron chi connectivity index (χ3n) is 6.49. The van der Waals surface area contributed by atoms with Crippen LogP contribution < -0.4 is 5.32 Å². The van der Waals surface area contributed by atoms with Gasteiger partial charge in [0.2, 0.25) is 5.91 Å². The van der Waals surface area contributed by atoms with Crippen LogP contribution in [0.15, 0.2) is 24.3 Å². The fourth-order valence-electron chi connectivity index (χ4n) is 4.92. The van der Waals surface area contributed by atoms with Crippen LogP contribution in [0.3, 0.4) is 0 Å². The molecule has 2 fully saturated rings. The second kappa shape index (κ2) is 7.97. The number of nitrogens with one attached hydrogen (secondary N) is 1. The number of nitrogens with zero attached hydrogens (tertiary/aromatic N) is 2. The van der Waals surface area contributed by atoms with E-state index in [1.807, 2.05) is 25.1 Å². The van der Waals surface area contributed by atoms with Gasteiger partial charge in [-0.3, -0.25) is 19.3 Å². The molecule has 0 radical (unpaired) electrons. The summed E-state index contributed by atoms with van der Waals surface area (Å²) in [7, 11) is 0. The number of aryl methyl sites for hydroxylation is 1. The maximum atomic E-state index is 12.8. The molecule has 154 valence electrons. The van der Waals surface area contributed by atoms with Crippen LogP contribution in [0.4, 0.5) is 4.79 Å². The van der Waals surface area contributed by atoms with Crippen LogP contribution in [0.1, 0.15) is 62.6 Å². The summed E-state index contributed by atoms with van der Waals surface area (Å²) in [6, 6.07) is 6.94. The van der Waals surface area contributed by atoms with E-state index in [1.54, 1.807) is 0 Å². The van der Waals surface area contributed by atoms with Gasteiger partial charge in [-0.05, 0) is 49.1 Å². The molecular formula is C22H27N3O4. The van der Waals surface area contributed by atoms with E-state index in [4.69, 9.17) is 0 Å². The molecule has 3 aliphatic rings. The van der Waals surface area contributed by atoms with Gasteiger partial charge in [-0.1, -0.05) is 44.0 Å². The first-order valence-electron chi connectivity index (χ1n) is 10.5. The highest BCUT2D eigenvalue weighted by molar-refractivity contribution is 6.45. The van der Waals surface area contributed by atoms with Crippen molar-refractivity contribution >= 4 is 23.8 Å². The van der Waals surface area contributed by atoms with Gasteiger partial charge in [0.1, 0.15) is 6.54 Å². The number of imide groups is 2. The topological polar surface area (TPSA) is 86.8 Å². The number of benzene rings is 1. The summed E-state index contributed by atoms with van der Waals surface area (Å²) in [4.78, 5) is 52.3. The second-order valence-corrected chi connectivity index (χ2v) is 8.39. The molecule has 1 aliphatic heterocycles. The van der Waals surface area contributed by atoms with Gasteiger partial charge in [-0.15, -0.1) is 0 Å². The van der Waals surface area contributed by atoms with Gasteiger partial charge in [0.05, 0.1) is 6.04 Å². The molecule has 1 heterocycles. The standard InChI is InChI=1S/C22H27N3O4/c1-14-7-2-5-12-18(14)25-21(28)20(27)24(22(25)29)13-19(26)23-17-11-6-9-15-8-3-4-10-16(15)17/h3-4,8,10,14,17-18H,2,5-7,9,11-13H2,1H3,(H,23,26)/t14-,17-,18+/m1/s1. The van der Waals surface area contributed by atoms with E-state index >= 15 is 0 Å². The lowest BCUT2D eigenvalue weighted by molar-refractivity contribution is -0.145. The Bertz CT molecular complexity index is 852. The molecule has 1 saturated heterocycles. The number of fused-ring (bicyclic) bond motifs is 1. The molecule has 1 aromatic rings. The van der Waals surface area contributed by atoms with Crippen molar-refractivity contribution in [1.29, 1.82) is 0 Å². The van der Waals surface area contributed by atoms with Crippen molar-refractivity contribution in [1.82, 2.24) is 15.1 Å².